The highest BCUT2D eigenvalue weighted by Gasteiger charge is 2.13. The Kier molecular flexibility index (Phi) is 6.60. The van der Waals surface area contributed by atoms with Crippen LogP contribution in [0.25, 0.3) is 0 Å². The smallest absolute Gasteiger partial charge is 0.257 e. The van der Waals surface area contributed by atoms with Gasteiger partial charge in [0.05, 0.1) is 5.75 Å². The molecule has 1 aromatic carbocycles. The van der Waals surface area contributed by atoms with Crippen LogP contribution in [0.5, 0.6) is 5.75 Å². The van der Waals surface area contributed by atoms with Crippen molar-refractivity contribution in [1.82, 2.24) is 9.62 Å². The first-order valence-corrected chi connectivity index (χ1v) is 8.05. The average Bonchev–Trinajstić information content (AvgIpc) is 2.45. The topological polar surface area (TPSA) is 102 Å². The lowest BCUT2D eigenvalue weighted by molar-refractivity contribution is -0.122. The van der Waals surface area contributed by atoms with Crippen LogP contribution < -0.4 is 15.8 Å². The summed E-state index contributed by atoms with van der Waals surface area (Å²) < 4.78 is 29.5. The fourth-order valence-electron chi connectivity index (χ4n) is 1.51. The van der Waals surface area contributed by atoms with Crippen LogP contribution in [0.4, 0.5) is 0 Å². The summed E-state index contributed by atoms with van der Waals surface area (Å²) >= 11 is 0. The van der Waals surface area contributed by atoms with E-state index in [9.17, 15) is 13.2 Å². The molecule has 0 spiro atoms. The summed E-state index contributed by atoms with van der Waals surface area (Å²) in [6.07, 6.45) is 0. The molecule has 1 amide bonds. The molecule has 7 nitrogen and oxygen atoms in total. The number of hydrogen-bond donors (Lipinski definition) is 2. The maximum Gasteiger partial charge on any atom is 0.257 e. The largest absolute Gasteiger partial charge is 0.483 e. The molecule has 0 heterocycles. The van der Waals surface area contributed by atoms with Gasteiger partial charge in [0.1, 0.15) is 5.75 Å². The van der Waals surface area contributed by atoms with Crippen molar-refractivity contribution in [2.45, 2.75) is 6.54 Å². The number of carbonyl (C=O) groups is 1. The Morgan fingerprint density at radius 2 is 2.00 bits per heavy atom. The number of rotatable bonds is 8. The molecular weight excluding hydrogens is 294 g/mol. The molecule has 0 fully saturated rings. The second-order valence-corrected chi connectivity index (χ2v) is 6.85. The fraction of sp³-hybridized carbons (Fsp3) is 0.462. The van der Waals surface area contributed by atoms with Crippen LogP contribution in [-0.4, -0.2) is 51.6 Å². The molecule has 0 unspecified atom stereocenters. The van der Waals surface area contributed by atoms with Crippen molar-refractivity contribution in [1.29, 1.82) is 0 Å². The molecule has 1 aromatic rings. The maximum atomic E-state index is 11.6. The van der Waals surface area contributed by atoms with E-state index in [1.807, 2.05) is 12.1 Å². The molecule has 21 heavy (non-hydrogen) atoms. The second-order valence-electron chi connectivity index (χ2n) is 4.55. The summed E-state index contributed by atoms with van der Waals surface area (Å²) in [6.45, 7) is 0.180. The van der Waals surface area contributed by atoms with E-state index in [-0.39, 0.29) is 24.8 Å². The summed E-state index contributed by atoms with van der Waals surface area (Å²) in [4.78, 5) is 11.6. The highest BCUT2D eigenvalue weighted by atomic mass is 32.2. The number of amides is 1. The molecule has 8 heteroatoms. The van der Waals surface area contributed by atoms with Crippen LogP contribution in [0.1, 0.15) is 5.56 Å². The molecule has 0 atom stereocenters. The number of hydrogen-bond acceptors (Lipinski definition) is 5. The number of sulfonamides is 1. The SMILES string of the molecule is CN(C)S(=O)(=O)CCNC(=O)COc1ccccc1CN. The van der Waals surface area contributed by atoms with Gasteiger partial charge in [0.15, 0.2) is 6.61 Å². The Hall–Kier alpha value is -1.64. The van der Waals surface area contributed by atoms with Gasteiger partial charge in [-0.2, -0.15) is 0 Å². The van der Waals surface area contributed by atoms with Crippen LogP contribution >= 0.6 is 0 Å². The Bertz CT molecular complexity index is 573. The summed E-state index contributed by atoms with van der Waals surface area (Å²) in [5.74, 6) is 0.0253. The van der Waals surface area contributed by atoms with Gasteiger partial charge in [0, 0.05) is 32.7 Å². The summed E-state index contributed by atoms with van der Waals surface area (Å²) in [5, 5.41) is 2.50. The van der Waals surface area contributed by atoms with E-state index >= 15 is 0 Å². The predicted octanol–water partition coefficient (Wildman–Crippen LogP) is -0.468. The third kappa shape index (κ3) is 5.70. The summed E-state index contributed by atoms with van der Waals surface area (Å²) in [7, 11) is -0.414. The predicted molar refractivity (Wildman–Crippen MR) is 80.3 cm³/mol. The zero-order valence-corrected chi connectivity index (χ0v) is 13.0. The Labute approximate surface area is 125 Å². The molecule has 118 valence electrons. The van der Waals surface area contributed by atoms with Crippen LogP contribution in [0.2, 0.25) is 0 Å². The fourth-order valence-corrected chi connectivity index (χ4v) is 2.23. The first-order chi connectivity index (χ1) is 9.86. The summed E-state index contributed by atoms with van der Waals surface area (Å²) in [6, 6.07) is 7.17. The molecule has 0 aliphatic carbocycles. The minimum Gasteiger partial charge on any atom is -0.483 e. The quantitative estimate of drug-likeness (QED) is 0.675. The van der Waals surface area contributed by atoms with Crippen LogP contribution in [0, 0.1) is 0 Å². The first kappa shape index (κ1) is 17.4. The lowest BCUT2D eigenvalue weighted by Crippen LogP contribution is -2.36. The minimum atomic E-state index is -3.31. The van der Waals surface area contributed by atoms with Gasteiger partial charge in [0.2, 0.25) is 10.0 Å². The van der Waals surface area contributed by atoms with Gasteiger partial charge in [-0.1, -0.05) is 18.2 Å². The monoisotopic (exact) mass is 315 g/mol. The minimum absolute atomic E-state index is 0.0429. The number of para-hydroxylation sites is 1. The third-order valence-electron chi connectivity index (χ3n) is 2.79. The highest BCUT2D eigenvalue weighted by Crippen LogP contribution is 2.16. The zero-order chi connectivity index (χ0) is 15.9. The Balaban J connectivity index is 2.38. The Morgan fingerprint density at radius 1 is 1.33 bits per heavy atom. The van der Waals surface area contributed by atoms with Crippen LogP contribution in [0.3, 0.4) is 0 Å². The van der Waals surface area contributed by atoms with E-state index in [1.165, 1.54) is 14.1 Å². The molecule has 0 saturated carbocycles. The van der Waals surface area contributed by atoms with Gasteiger partial charge in [-0.25, -0.2) is 12.7 Å². The van der Waals surface area contributed by atoms with E-state index in [0.717, 1.165) is 9.87 Å². The van der Waals surface area contributed by atoms with Gasteiger partial charge >= 0.3 is 0 Å². The molecule has 0 saturated heterocycles. The third-order valence-corrected chi connectivity index (χ3v) is 4.62. The van der Waals surface area contributed by atoms with Gasteiger partial charge in [0.25, 0.3) is 5.91 Å². The molecule has 1 rings (SSSR count). The molecule has 0 bridgehead atoms. The molecule has 0 aliphatic rings. The van der Waals surface area contributed by atoms with Crippen LogP contribution in [-0.2, 0) is 21.4 Å². The van der Waals surface area contributed by atoms with E-state index in [1.54, 1.807) is 12.1 Å². The number of carbonyl (C=O) groups excluding carboxylic acids is 1. The molecular formula is C13H21N3O4S. The van der Waals surface area contributed by atoms with Crippen molar-refractivity contribution in [3.8, 4) is 5.75 Å². The molecule has 0 radical (unpaired) electrons. The van der Waals surface area contributed by atoms with E-state index in [2.05, 4.69) is 5.32 Å². The molecule has 0 aliphatic heterocycles. The zero-order valence-electron chi connectivity index (χ0n) is 12.2. The average molecular weight is 315 g/mol. The van der Waals surface area contributed by atoms with Crippen LogP contribution in [0.15, 0.2) is 24.3 Å². The number of nitrogens with two attached hydrogens (primary N) is 1. The van der Waals surface area contributed by atoms with E-state index in [4.69, 9.17) is 10.5 Å². The van der Waals surface area contributed by atoms with Gasteiger partial charge in [-0.05, 0) is 6.07 Å². The van der Waals surface area contributed by atoms with Gasteiger partial charge in [-0.15, -0.1) is 0 Å². The molecule has 3 N–H and O–H groups in total. The van der Waals surface area contributed by atoms with Gasteiger partial charge in [-0.3, -0.25) is 4.79 Å². The van der Waals surface area contributed by atoms with E-state index in [0.29, 0.717) is 12.3 Å². The van der Waals surface area contributed by atoms with Gasteiger partial charge < -0.3 is 15.8 Å². The second kappa shape index (κ2) is 7.96. The lowest BCUT2D eigenvalue weighted by Gasteiger charge is -2.12. The maximum absolute atomic E-state index is 11.6. The van der Waals surface area contributed by atoms with Crippen molar-refractivity contribution >= 4 is 15.9 Å². The van der Waals surface area contributed by atoms with Crippen molar-refractivity contribution in [3.63, 3.8) is 0 Å². The van der Waals surface area contributed by atoms with Crippen molar-refractivity contribution in [2.24, 2.45) is 5.73 Å². The Morgan fingerprint density at radius 3 is 2.62 bits per heavy atom. The number of nitrogens with zero attached hydrogens (tertiary/aromatic N) is 1. The first-order valence-electron chi connectivity index (χ1n) is 6.44. The number of nitrogens with one attached hydrogen (secondary N) is 1. The summed E-state index contributed by atoms with van der Waals surface area (Å²) in [5.41, 5.74) is 6.37. The normalized spacial score (nSPS) is 11.4. The highest BCUT2D eigenvalue weighted by molar-refractivity contribution is 7.89. The van der Waals surface area contributed by atoms with E-state index < -0.39 is 10.0 Å². The van der Waals surface area contributed by atoms with Crippen molar-refractivity contribution < 1.29 is 17.9 Å². The lowest BCUT2D eigenvalue weighted by atomic mass is 10.2. The van der Waals surface area contributed by atoms with Crippen molar-refractivity contribution in [2.75, 3.05) is 33.0 Å². The molecule has 0 aromatic heterocycles. The standard InChI is InChI=1S/C13H21N3O4S/c1-16(2)21(18,19)8-7-15-13(17)10-20-12-6-4-3-5-11(12)9-14/h3-6H,7-10,14H2,1-2H3,(H,15,17). The van der Waals surface area contributed by atoms with Crippen molar-refractivity contribution in [3.05, 3.63) is 29.8 Å². The number of ether oxygens (including phenoxy) is 1. The number of benzene rings is 1.